The second-order valence-electron chi connectivity index (χ2n) is 13.2. The number of carbonyl (C=O) groups excluding carboxylic acids is 3. The Bertz CT molecular complexity index is 1900. The standard InChI is InChI=1S/C31H34ClN7O10S2/c1-31(2,29(47)48)49-36-20(17-13-51-30(33)34-17)24(42)35-21-26(44)38-22(28(45)46)14(12-50-27(21)38)11-39-8-3-4-15(39)10-37(7-9-39)25(43)16-5-6-18(40)23(41)19(16)32/h5-6,13,15,21,27H,3-4,7-12H2,1-2H3,(H6-,33,34,35,36,40,41,42,43,45,46,47,48)/p+1/t15-,21+,27+,39+/m0/s1. The number of rotatable bonds is 10. The van der Waals surface area contributed by atoms with Crippen LogP contribution < -0.4 is 11.1 Å². The van der Waals surface area contributed by atoms with Crippen molar-refractivity contribution in [3.8, 4) is 11.5 Å². The molecule has 7 N–H and O–H groups in total. The van der Waals surface area contributed by atoms with Gasteiger partial charge in [0, 0.05) is 29.5 Å². The monoisotopic (exact) mass is 764 g/mol. The third kappa shape index (κ3) is 6.54. The van der Waals surface area contributed by atoms with Crippen LogP contribution in [0.1, 0.15) is 42.7 Å². The predicted octanol–water partition coefficient (Wildman–Crippen LogP) is 1.25. The van der Waals surface area contributed by atoms with Crippen molar-refractivity contribution in [1.82, 2.24) is 20.1 Å². The summed E-state index contributed by atoms with van der Waals surface area (Å²) >= 11 is 8.49. The average Bonchev–Trinajstić information content (AvgIpc) is 3.71. The van der Waals surface area contributed by atoms with Gasteiger partial charge < -0.3 is 45.7 Å². The predicted molar refractivity (Wildman–Crippen MR) is 184 cm³/mol. The number of phenolic OH excluding ortho intramolecular Hbond substituents is 2. The molecule has 6 rings (SSSR count). The Kier molecular flexibility index (Phi) is 9.59. The molecule has 51 heavy (non-hydrogen) atoms. The van der Waals surface area contributed by atoms with E-state index in [4.69, 9.17) is 22.2 Å². The molecular weight excluding hydrogens is 730 g/mol. The Balaban J connectivity index is 1.18. The van der Waals surface area contributed by atoms with Gasteiger partial charge in [-0.2, -0.15) is 0 Å². The number of phenols is 2. The molecule has 4 atom stereocenters. The maximum Gasteiger partial charge on any atom is 0.352 e. The Morgan fingerprint density at radius 2 is 1.96 bits per heavy atom. The summed E-state index contributed by atoms with van der Waals surface area (Å²) in [5, 5.41) is 46.5. The molecule has 0 aliphatic carbocycles. The molecule has 0 saturated carbocycles. The van der Waals surface area contributed by atoms with Gasteiger partial charge in [-0.1, -0.05) is 16.8 Å². The topological polar surface area (TPSA) is 245 Å². The van der Waals surface area contributed by atoms with Crippen LogP contribution in [0.25, 0.3) is 0 Å². The minimum atomic E-state index is -1.79. The summed E-state index contributed by atoms with van der Waals surface area (Å²) in [5.41, 5.74) is 4.05. The van der Waals surface area contributed by atoms with Gasteiger partial charge in [0.1, 0.15) is 35.4 Å². The number of nitrogen functional groups attached to an aromatic ring is 1. The number of nitrogens with zero attached hydrogens (tertiary/aromatic N) is 5. The van der Waals surface area contributed by atoms with Crippen molar-refractivity contribution in [3.05, 3.63) is 45.1 Å². The number of nitrogens with one attached hydrogen (secondary N) is 1. The number of anilines is 1. The minimum absolute atomic E-state index is 0.00437. The summed E-state index contributed by atoms with van der Waals surface area (Å²) in [7, 11) is 0. The number of fused-ring (bicyclic) bond motifs is 2. The molecule has 3 fully saturated rings. The zero-order valence-corrected chi connectivity index (χ0v) is 29.8. The lowest BCUT2D eigenvalue weighted by atomic mass is 10.0. The smallest absolute Gasteiger partial charge is 0.352 e. The van der Waals surface area contributed by atoms with Gasteiger partial charge in [0.15, 0.2) is 22.3 Å². The van der Waals surface area contributed by atoms with Crippen LogP contribution in [0.4, 0.5) is 5.13 Å². The lowest BCUT2D eigenvalue weighted by molar-refractivity contribution is -0.938. The summed E-state index contributed by atoms with van der Waals surface area (Å²) in [6, 6.07) is 1.44. The fourth-order valence-corrected chi connectivity index (χ4v) is 9.00. The lowest BCUT2D eigenvalue weighted by Gasteiger charge is -2.51. The van der Waals surface area contributed by atoms with Crippen molar-refractivity contribution < 1.29 is 53.7 Å². The molecule has 4 aliphatic rings. The zero-order valence-electron chi connectivity index (χ0n) is 27.4. The SMILES string of the molecule is CC(C)(O/N=C(\C(=O)N[C@@H]1C(=O)N2C(C(=O)O)=C(C[N@+]34CCC[C@H]3CN(C(=O)c3ccc(O)c(O)c3Cl)CC4)CS[C@H]12)c1csc(N)n1)C(=O)O. The second-order valence-corrected chi connectivity index (χ2v) is 15.6. The second kappa shape index (κ2) is 13.5. The van der Waals surface area contributed by atoms with E-state index in [9.17, 15) is 44.4 Å². The molecule has 0 bridgehead atoms. The molecule has 17 nitrogen and oxygen atoms in total. The maximum absolute atomic E-state index is 13.5. The molecular formula is C31H35ClN7O10S2+. The van der Waals surface area contributed by atoms with Gasteiger partial charge in [0.05, 0.1) is 36.8 Å². The molecule has 272 valence electrons. The van der Waals surface area contributed by atoms with Crippen molar-refractivity contribution in [3.63, 3.8) is 0 Å². The normalized spacial score (nSPS) is 24.8. The number of carboxylic acids is 2. The van der Waals surface area contributed by atoms with Gasteiger partial charge in [0.25, 0.3) is 17.7 Å². The number of carbonyl (C=O) groups is 5. The highest BCUT2D eigenvalue weighted by molar-refractivity contribution is 8.00. The highest BCUT2D eigenvalue weighted by Gasteiger charge is 2.56. The van der Waals surface area contributed by atoms with Crippen molar-refractivity contribution in [2.75, 3.05) is 44.2 Å². The largest absolute Gasteiger partial charge is 0.504 e. The molecule has 3 amide bonds. The number of hydrogen-bond donors (Lipinski definition) is 6. The van der Waals surface area contributed by atoms with E-state index in [2.05, 4.69) is 15.5 Å². The van der Waals surface area contributed by atoms with Gasteiger partial charge in [-0.25, -0.2) is 14.6 Å². The highest BCUT2D eigenvalue weighted by Crippen LogP contribution is 2.43. The number of oxime groups is 1. The number of aromatic nitrogens is 1. The number of benzene rings is 1. The van der Waals surface area contributed by atoms with Gasteiger partial charge in [-0.3, -0.25) is 19.3 Å². The number of carboxylic acid groups (broad SMARTS) is 2. The zero-order chi connectivity index (χ0) is 37.0. The molecule has 4 aliphatic heterocycles. The van der Waals surface area contributed by atoms with Crippen LogP contribution in [0.5, 0.6) is 11.5 Å². The summed E-state index contributed by atoms with van der Waals surface area (Å²) in [6.45, 7) is 4.84. The summed E-state index contributed by atoms with van der Waals surface area (Å²) in [4.78, 5) is 76.6. The van der Waals surface area contributed by atoms with E-state index in [0.717, 1.165) is 30.7 Å². The van der Waals surface area contributed by atoms with E-state index in [-0.39, 0.29) is 44.8 Å². The van der Waals surface area contributed by atoms with Crippen molar-refractivity contribution in [1.29, 1.82) is 0 Å². The summed E-state index contributed by atoms with van der Waals surface area (Å²) in [6.07, 6.45) is 1.65. The van der Waals surface area contributed by atoms with Crippen LogP contribution >= 0.6 is 34.7 Å². The molecule has 5 heterocycles. The number of amides is 3. The quantitative estimate of drug-likeness (QED) is 0.0657. The number of aromatic hydroxyl groups is 2. The van der Waals surface area contributed by atoms with Crippen LogP contribution in [0.15, 0.2) is 33.9 Å². The van der Waals surface area contributed by atoms with Gasteiger partial charge in [0.2, 0.25) is 5.60 Å². The van der Waals surface area contributed by atoms with E-state index in [0.29, 0.717) is 36.2 Å². The van der Waals surface area contributed by atoms with Gasteiger partial charge in [-0.15, -0.1) is 23.1 Å². The third-order valence-corrected chi connectivity index (χ3v) is 12.1. The van der Waals surface area contributed by atoms with Crippen LogP contribution in [0.3, 0.4) is 0 Å². The first-order chi connectivity index (χ1) is 24.0. The van der Waals surface area contributed by atoms with E-state index in [1.165, 1.54) is 48.0 Å². The Morgan fingerprint density at radius 1 is 1.22 bits per heavy atom. The molecule has 0 radical (unpaired) electrons. The Labute approximate surface area is 303 Å². The minimum Gasteiger partial charge on any atom is -0.504 e. The summed E-state index contributed by atoms with van der Waals surface area (Å²) < 4.78 is 0.543. The van der Waals surface area contributed by atoms with Crippen molar-refractivity contribution in [2.45, 2.75) is 49.7 Å². The maximum atomic E-state index is 13.5. The summed E-state index contributed by atoms with van der Waals surface area (Å²) in [5.74, 6) is -5.24. The Morgan fingerprint density at radius 3 is 2.63 bits per heavy atom. The number of halogens is 1. The first kappa shape index (κ1) is 36.2. The fourth-order valence-electron chi connectivity index (χ4n) is 6.88. The van der Waals surface area contributed by atoms with E-state index in [1.807, 2.05) is 0 Å². The lowest BCUT2D eigenvalue weighted by Crippen LogP contribution is -2.71. The van der Waals surface area contributed by atoms with Crippen LogP contribution in [-0.2, 0) is 24.0 Å². The van der Waals surface area contributed by atoms with Crippen molar-refractivity contribution in [2.24, 2.45) is 5.16 Å². The number of aliphatic carboxylic acids is 2. The molecule has 0 unspecified atom stereocenters. The first-order valence-corrected chi connectivity index (χ1v) is 18.1. The number of piperazine rings is 1. The number of β-lactam (4-membered cyclic amide) rings is 1. The van der Waals surface area contributed by atoms with E-state index in [1.54, 1.807) is 4.90 Å². The molecule has 20 heteroatoms. The third-order valence-electron chi connectivity index (χ3n) is 9.68. The number of thioether (sulfide) groups is 1. The van der Waals surface area contributed by atoms with Crippen LogP contribution in [0, 0.1) is 0 Å². The van der Waals surface area contributed by atoms with Gasteiger partial charge >= 0.3 is 11.9 Å². The molecule has 3 saturated heterocycles. The average molecular weight is 765 g/mol. The van der Waals surface area contributed by atoms with Crippen LogP contribution in [0.2, 0.25) is 5.02 Å². The molecule has 2 aromatic rings. The number of thiazole rings is 1. The number of nitrogens with two attached hydrogens (primary N) is 1. The van der Waals surface area contributed by atoms with Crippen molar-refractivity contribution >= 4 is 75.2 Å². The fraction of sp³-hybridized carbons (Fsp3) is 0.452. The van der Waals surface area contributed by atoms with E-state index < -0.39 is 58.0 Å². The molecule has 0 spiro atoms. The van der Waals surface area contributed by atoms with E-state index >= 15 is 0 Å². The van der Waals surface area contributed by atoms with Crippen LogP contribution in [-0.4, -0.2) is 137 Å². The van der Waals surface area contributed by atoms with Gasteiger partial charge in [-0.05, 0) is 26.0 Å². The first-order valence-electron chi connectivity index (χ1n) is 15.8. The number of quaternary nitrogens is 1. The Hall–Kier alpha value is -4.59. The number of hydrogen-bond acceptors (Lipinski definition) is 13. The molecule has 1 aromatic heterocycles. The highest BCUT2D eigenvalue weighted by atomic mass is 35.5. The molecule has 1 aromatic carbocycles.